The van der Waals surface area contributed by atoms with Gasteiger partial charge in [0.1, 0.15) is 6.04 Å². The molecule has 1 aliphatic heterocycles. The average molecular weight is 345 g/mol. The van der Waals surface area contributed by atoms with Gasteiger partial charge < -0.3 is 14.2 Å². The van der Waals surface area contributed by atoms with Crippen molar-refractivity contribution in [3.05, 3.63) is 11.1 Å². The highest BCUT2D eigenvalue weighted by atomic mass is 32.2. The molecule has 8 nitrogen and oxygen atoms in total. The van der Waals surface area contributed by atoms with Gasteiger partial charge in [0.2, 0.25) is 0 Å². The minimum atomic E-state index is -1.10. The van der Waals surface area contributed by atoms with Crippen LogP contribution >= 0.6 is 11.8 Å². The Kier molecular flexibility index (Phi) is 7.60. The fraction of sp³-hybridized carbons (Fsp3) is 0.571. The lowest BCUT2D eigenvalue weighted by molar-refractivity contribution is -0.162. The first-order valence-corrected chi connectivity index (χ1v) is 8.12. The molecule has 0 N–H and O–H groups in total. The van der Waals surface area contributed by atoms with Crippen molar-refractivity contribution in [3.8, 4) is 0 Å². The fourth-order valence-corrected chi connectivity index (χ4v) is 2.95. The summed E-state index contributed by atoms with van der Waals surface area (Å²) in [6.07, 6.45) is 1.07. The molecule has 1 atom stereocenters. The molecule has 128 valence electrons. The molecule has 0 aromatic carbocycles. The van der Waals surface area contributed by atoms with Crippen molar-refractivity contribution in [3.63, 3.8) is 0 Å². The Morgan fingerprint density at radius 1 is 1.09 bits per heavy atom. The molecule has 0 saturated carbocycles. The number of carbonyl (C=O) groups is 4. The SMILES string of the molecule is CCOC(=O)/C=C1/SC[C@H](C(=O)OCC)N1C(=O)C(=O)OCC. The predicted octanol–water partition coefficient (Wildman–Crippen LogP) is 0.461. The van der Waals surface area contributed by atoms with Gasteiger partial charge in [0.15, 0.2) is 0 Å². The van der Waals surface area contributed by atoms with Gasteiger partial charge >= 0.3 is 23.8 Å². The molecule has 1 saturated heterocycles. The van der Waals surface area contributed by atoms with Crippen LogP contribution in [-0.4, -0.2) is 60.3 Å². The molecular weight excluding hydrogens is 326 g/mol. The number of ether oxygens (including phenoxy) is 3. The third-order valence-corrected chi connectivity index (χ3v) is 3.79. The topological polar surface area (TPSA) is 99.2 Å². The molecule has 0 aromatic heterocycles. The molecule has 1 aliphatic rings. The van der Waals surface area contributed by atoms with Gasteiger partial charge in [0.25, 0.3) is 0 Å². The lowest BCUT2D eigenvalue weighted by Crippen LogP contribution is -2.45. The number of amides is 1. The third-order valence-electron chi connectivity index (χ3n) is 2.69. The predicted molar refractivity (Wildman–Crippen MR) is 81.1 cm³/mol. The van der Waals surface area contributed by atoms with E-state index < -0.39 is 29.9 Å². The molecule has 0 aliphatic carbocycles. The van der Waals surface area contributed by atoms with E-state index in [1.165, 1.54) is 0 Å². The minimum Gasteiger partial charge on any atom is -0.464 e. The van der Waals surface area contributed by atoms with Crippen molar-refractivity contribution in [1.82, 2.24) is 4.90 Å². The Bertz CT molecular complexity index is 517. The van der Waals surface area contributed by atoms with Crippen molar-refractivity contribution in [2.75, 3.05) is 25.6 Å². The molecule has 1 amide bonds. The van der Waals surface area contributed by atoms with Crippen LogP contribution in [0.25, 0.3) is 0 Å². The van der Waals surface area contributed by atoms with Crippen molar-refractivity contribution >= 4 is 35.6 Å². The van der Waals surface area contributed by atoms with Gasteiger partial charge in [-0.3, -0.25) is 9.69 Å². The van der Waals surface area contributed by atoms with Gasteiger partial charge in [-0.1, -0.05) is 0 Å². The van der Waals surface area contributed by atoms with E-state index in [1.807, 2.05) is 0 Å². The van der Waals surface area contributed by atoms with E-state index in [2.05, 4.69) is 4.74 Å². The van der Waals surface area contributed by atoms with Crippen molar-refractivity contribution in [1.29, 1.82) is 0 Å². The molecule has 1 rings (SSSR count). The van der Waals surface area contributed by atoms with Crippen molar-refractivity contribution in [2.45, 2.75) is 26.8 Å². The van der Waals surface area contributed by atoms with E-state index in [0.29, 0.717) is 0 Å². The second-order valence-corrected chi connectivity index (χ2v) is 5.25. The standard InChI is InChI=1S/C14H19NO7S/c1-4-20-11(16)7-10-15(12(17)14(19)22-6-3)9(8-23-10)13(18)21-5-2/h7,9H,4-6,8H2,1-3H3/b10-7+/t9-/m1/s1. The van der Waals surface area contributed by atoms with Crippen LogP contribution in [0.1, 0.15) is 20.8 Å². The van der Waals surface area contributed by atoms with Gasteiger partial charge in [0.05, 0.1) is 30.9 Å². The summed E-state index contributed by atoms with van der Waals surface area (Å²) in [6, 6.07) is -0.988. The largest absolute Gasteiger partial charge is 0.464 e. The van der Waals surface area contributed by atoms with Gasteiger partial charge in [-0.25, -0.2) is 14.4 Å². The van der Waals surface area contributed by atoms with Crippen LogP contribution in [0.2, 0.25) is 0 Å². The van der Waals surface area contributed by atoms with E-state index in [9.17, 15) is 19.2 Å². The number of hydrogen-bond donors (Lipinski definition) is 0. The molecule has 1 fully saturated rings. The van der Waals surface area contributed by atoms with E-state index in [-0.39, 0.29) is 30.6 Å². The van der Waals surface area contributed by atoms with Gasteiger partial charge in [-0.2, -0.15) is 0 Å². The van der Waals surface area contributed by atoms with Gasteiger partial charge in [-0.05, 0) is 20.8 Å². The maximum absolute atomic E-state index is 12.2. The number of nitrogens with zero attached hydrogens (tertiary/aromatic N) is 1. The molecule has 0 spiro atoms. The summed E-state index contributed by atoms with van der Waals surface area (Å²) in [6.45, 7) is 5.15. The molecule has 0 radical (unpaired) electrons. The molecule has 0 aromatic rings. The smallest absolute Gasteiger partial charge is 0.397 e. The monoisotopic (exact) mass is 345 g/mol. The van der Waals surface area contributed by atoms with E-state index in [0.717, 1.165) is 22.7 Å². The summed E-state index contributed by atoms with van der Waals surface area (Å²) in [5, 5.41) is 0.152. The lowest BCUT2D eigenvalue weighted by atomic mass is 10.3. The number of hydrogen-bond acceptors (Lipinski definition) is 8. The molecule has 9 heteroatoms. The summed E-state index contributed by atoms with van der Waals surface area (Å²) in [5.41, 5.74) is 0. The first-order chi connectivity index (χ1) is 11.0. The molecule has 0 bridgehead atoms. The van der Waals surface area contributed by atoms with Crippen LogP contribution in [0.4, 0.5) is 0 Å². The third kappa shape index (κ3) is 4.98. The first-order valence-electron chi connectivity index (χ1n) is 7.14. The second-order valence-electron chi connectivity index (χ2n) is 4.21. The number of rotatable bonds is 5. The Balaban J connectivity index is 3.06. The zero-order chi connectivity index (χ0) is 17.4. The number of thioether (sulfide) groups is 1. The lowest BCUT2D eigenvalue weighted by Gasteiger charge is -2.22. The molecular formula is C14H19NO7S. The Hall–Kier alpha value is -2.03. The summed E-state index contributed by atoms with van der Waals surface area (Å²) >= 11 is 1.09. The zero-order valence-electron chi connectivity index (χ0n) is 13.2. The summed E-state index contributed by atoms with van der Waals surface area (Å²) < 4.78 is 14.4. The summed E-state index contributed by atoms with van der Waals surface area (Å²) in [7, 11) is 0. The fourth-order valence-electron chi connectivity index (χ4n) is 1.80. The first kappa shape index (κ1) is 19.0. The van der Waals surface area contributed by atoms with Gasteiger partial charge in [-0.15, -0.1) is 11.8 Å². The zero-order valence-corrected chi connectivity index (χ0v) is 14.0. The number of carbonyl (C=O) groups excluding carboxylic acids is 4. The molecule has 1 heterocycles. The molecule has 23 heavy (non-hydrogen) atoms. The highest BCUT2D eigenvalue weighted by Crippen LogP contribution is 2.33. The Morgan fingerprint density at radius 2 is 1.70 bits per heavy atom. The van der Waals surface area contributed by atoms with E-state index in [4.69, 9.17) is 9.47 Å². The highest BCUT2D eigenvalue weighted by molar-refractivity contribution is 8.03. The van der Waals surface area contributed by atoms with E-state index >= 15 is 0 Å². The highest BCUT2D eigenvalue weighted by Gasteiger charge is 2.42. The summed E-state index contributed by atoms with van der Waals surface area (Å²) in [4.78, 5) is 48.4. The quantitative estimate of drug-likeness (QED) is 0.307. The van der Waals surface area contributed by atoms with Crippen LogP contribution in [0.15, 0.2) is 11.1 Å². The van der Waals surface area contributed by atoms with Crippen molar-refractivity contribution in [2.24, 2.45) is 0 Å². The van der Waals surface area contributed by atoms with Crippen LogP contribution in [0.3, 0.4) is 0 Å². The minimum absolute atomic E-state index is 0.0204. The Labute approximate surface area is 138 Å². The van der Waals surface area contributed by atoms with Crippen LogP contribution in [0, 0.1) is 0 Å². The normalized spacial score (nSPS) is 18.7. The molecule has 0 unspecified atom stereocenters. The van der Waals surface area contributed by atoms with Crippen LogP contribution < -0.4 is 0 Å². The Morgan fingerprint density at radius 3 is 2.26 bits per heavy atom. The van der Waals surface area contributed by atoms with Crippen LogP contribution in [0.5, 0.6) is 0 Å². The average Bonchev–Trinajstić information content (AvgIpc) is 2.90. The van der Waals surface area contributed by atoms with E-state index in [1.54, 1.807) is 20.8 Å². The van der Waals surface area contributed by atoms with Gasteiger partial charge in [0, 0.05) is 5.75 Å². The maximum atomic E-state index is 12.2. The van der Waals surface area contributed by atoms with Crippen molar-refractivity contribution < 1.29 is 33.4 Å². The maximum Gasteiger partial charge on any atom is 0.397 e. The second kappa shape index (κ2) is 9.19. The summed E-state index contributed by atoms with van der Waals surface area (Å²) in [5.74, 6) is -3.26. The number of esters is 3. The van der Waals surface area contributed by atoms with Crippen LogP contribution in [-0.2, 0) is 33.4 Å².